The number of ether oxygens (including phenoxy) is 1. The van der Waals surface area contributed by atoms with Gasteiger partial charge in [-0.05, 0) is 29.8 Å². The van der Waals surface area contributed by atoms with E-state index in [1.54, 1.807) is 0 Å². The number of nitrogens with zero attached hydrogens (tertiary/aromatic N) is 2. The first kappa shape index (κ1) is 20.4. The summed E-state index contributed by atoms with van der Waals surface area (Å²) >= 11 is 5.94. The van der Waals surface area contributed by atoms with E-state index in [0.29, 0.717) is 31.1 Å². The van der Waals surface area contributed by atoms with Gasteiger partial charge in [0.2, 0.25) is 0 Å². The van der Waals surface area contributed by atoms with E-state index in [0.717, 1.165) is 17.0 Å². The highest BCUT2D eigenvalue weighted by atomic mass is 35.5. The number of halogens is 1. The minimum Gasteiger partial charge on any atom is -0.491 e. The van der Waals surface area contributed by atoms with Crippen molar-refractivity contribution in [3.8, 4) is 5.75 Å². The van der Waals surface area contributed by atoms with E-state index in [9.17, 15) is 5.11 Å². The Morgan fingerprint density at radius 2 is 2.00 bits per heavy atom. The molecule has 0 saturated carbocycles. The molecule has 2 aromatic rings. The highest BCUT2D eigenvalue weighted by Crippen LogP contribution is 2.19. The SMILES string of the molecule is C=CCN(C[C@H](O)COc1ccccc1)C[C@H]1CC(c2ccc(Cl)cc2)=NO1. The molecule has 0 fully saturated rings. The second kappa shape index (κ2) is 10.3. The second-order valence-electron chi connectivity index (χ2n) is 6.76. The van der Waals surface area contributed by atoms with E-state index in [1.807, 2.05) is 60.7 Å². The third kappa shape index (κ3) is 6.09. The van der Waals surface area contributed by atoms with Gasteiger partial charge in [0.25, 0.3) is 0 Å². The summed E-state index contributed by atoms with van der Waals surface area (Å²) in [4.78, 5) is 7.70. The summed E-state index contributed by atoms with van der Waals surface area (Å²) < 4.78 is 5.63. The molecule has 0 aliphatic carbocycles. The Bertz CT molecular complexity index is 780. The third-order valence-electron chi connectivity index (χ3n) is 4.41. The molecule has 0 aromatic heterocycles. The van der Waals surface area contributed by atoms with Crippen molar-refractivity contribution < 1.29 is 14.7 Å². The van der Waals surface area contributed by atoms with E-state index in [2.05, 4.69) is 16.6 Å². The summed E-state index contributed by atoms with van der Waals surface area (Å²) in [5.41, 5.74) is 1.92. The molecule has 0 saturated heterocycles. The summed E-state index contributed by atoms with van der Waals surface area (Å²) in [7, 11) is 0. The van der Waals surface area contributed by atoms with Gasteiger partial charge in [0.15, 0.2) is 0 Å². The predicted octanol–water partition coefficient (Wildman–Crippen LogP) is 3.76. The minimum atomic E-state index is -0.613. The Morgan fingerprint density at radius 3 is 2.71 bits per heavy atom. The molecule has 148 valence electrons. The average Bonchev–Trinajstić information content (AvgIpc) is 3.16. The van der Waals surface area contributed by atoms with Crippen LogP contribution < -0.4 is 4.74 Å². The molecule has 3 rings (SSSR count). The number of hydrogen-bond acceptors (Lipinski definition) is 5. The Hall–Kier alpha value is -2.34. The zero-order chi connectivity index (χ0) is 19.8. The number of aliphatic hydroxyl groups is 1. The summed E-state index contributed by atoms with van der Waals surface area (Å²) in [5, 5.41) is 15.3. The van der Waals surface area contributed by atoms with Gasteiger partial charge in [0.1, 0.15) is 24.6 Å². The summed E-state index contributed by atoms with van der Waals surface area (Å²) in [6.07, 6.45) is 1.86. The van der Waals surface area contributed by atoms with Crippen LogP contribution in [0.25, 0.3) is 0 Å². The highest BCUT2D eigenvalue weighted by Gasteiger charge is 2.25. The van der Waals surface area contributed by atoms with Crippen LogP contribution in [0.3, 0.4) is 0 Å². The van der Waals surface area contributed by atoms with Crippen molar-refractivity contribution in [1.82, 2.24) is 4.90 Å². The normalized spacial score (nSPS) is 17.1. The van der Waals surface area contributed by atoms with Gasteiger partial charge in [0, 0.05) is 31.1 Å². The van der Waals surface area contributed by atoms with Gasteiger partial charge < -0.3 is 14.7 Å². The first-order valence-corrected chi connectivity index (χ1v) is 9.69. The van der Waals surface area contributed by atoms with Crippen LogP contribution in [0.2, 0.25) is 5.02 Å². The van der Waals surface area contributed by atoms with Crippen molar-refractivity contribution in [3.05, 3.63) is 77.8 Å². The maximum absolute atomic E-state index is 10.4. The smallest absolute Gasteiger partial charge is 0.145 e. The van der Waals surface area contributed by atoms with Crippen LogP contribution in [0.15, 0.2) is 72.4 Å². The number of para-hydroxylation sites is 1. The molecule has 6 heteroatoms. The molecule has 0 amide bonds. The molecular weight excluding hydrogens is 376 g/mol. The molecule has 0 spiro atoms. The molecule has 0 radical (unpaired) electrons. The number of hydrogen-bond donors (Lipinski definition) is 1. The van der Waals surface area contributed by atoms with Crippen LogP contribution in [-0.4, -0.2) is 54.2 Å². The molecule has 0 unspecified atom stereocenters. The first-order valence-electron chi connectivity index (χ1n) is 9.32. The lowest BCUT2D eigenvalue weighted by Crippen LogP contribution is -2.40. The van der Waals surface area contributed by atoms with Gasteiger partial charge >= 0.3 is 0 Å². The molecule has 0 bridgehead atoms. The van der Waals surface area contributed by atoms with E-state index in [4.69, 9.17) is 21.2 Å². The van der Waals surface area contributed by atoms with E-state index in [1.165, 1.54) is 0 Å². The molecule has 2 aromatic carbocycles. The quantitative estimate of drug-likeness (QED) is 0.617. The molecule has 5 nitrogen and oxygen atoms in total. The van der Waals surface area contributed by atoms with Crippen molar-refractivity contribution in [3.63, 3.8) is 0 Å². The van der Waals surface area contributed by atoms with E-state index >= 15 is 0 Å². The highest BCUT2D eigenvalue weighted by molar-refractivity contribution is 6.30. The molecule has 1 aliphatic rings. The van der Waals surface area contributed by atoms with Crippen LogP contribution in [0.4, 0.5) is 0 Å². The average molecular weight is 401 g/mol. The van der Waals surface area contributed by atoms with Crippen LogP contribution in [-0.2, 0) is 4.84 Å². The van der Waals surface area contributed by atoms with Gasteiger partial charge in [-0.2, -0.15) is 0 Å². The molecule has 2 atom stereocenters. The van der Waals surface area contributed by atoms with E-state index < -0.39 is 6.10 Å². The number of benzene rings is 2. The topological polar surface area (TPSA) is 54.3 Å². The Labute approximate surface area is 170 Å². The van der Waals surface area contributed by atoms with Crippen molar-refractivity contribution in [2.24, 2.45) is 5.16 Å². The van der Waals surface area contributed by atoms with Gasteiger partial charge in [-0.25, -0.2) is 0 Å². The molecule has 1 N–H and O–H groups in total. The summed E-state index contributed by atoms with van der Waals surface area (Å²) in [6, 6.07) is 17.1. The van der Waals surface area contributed by atoms with Crippen molar-refractivity contribution >= 4 is 17.3 Å². The van der Waals surface area contributed by atoms with Crippen LogP contribution >= 0.6 is 11.6 Å². The van der Waals surface area contributed by atoms with Gasteiger partial charge in [-0.15, -0.1) is 6.58 Å². The van der Waals surface area contributed by atoms with Crippen molar-refractivity contribution in [2.45, 2.75) is 18.6 Å². The molecule has 28 heavy (non-hydrogen) atoms. The number of rotatable bonds is 10. The fourth-order valence-corrected chi connectivity index (χ4v) is 3.22. The number of aliphatic hydroxyl groups excluding tert-OH is 1. The van der Waals surface area contributed by atoms with Crippen molar-refractivity contribution in [1.29, 1.82) is 0 Å². The fraction of sp³-hybridized carbons (Fsp3) is 0.318. The summed E-state index contributed by atoms with van der Waals surface area (Å²) in [5.74, 6) is 0.747. The largest absolute Gasteiger partial charge is 0.491 e. The Balaban J connectivity index is 1.48. The lowest BCUT2D eigenvalue weighted by Gasteiger charge is -2.25. The van der Waals surface area contributed by atoms with Crippen LogP contribution in [0.1, 0.15) is 12.0 Å². The molecule has 1 aliphatic heterocycles. The van der Waals surface area contributed by atoms with E-state index in [-0.39, 0.29) is 12.7 Å². The standard InChI is InChI=1S/C22H25ClN2O3/c1-2-12-25(14-19(26)16-27-20-6-4-3-5-7-20)15-21-13-22(24-28-21)17-8-10-18(23)11-9-17/h2-11,19,21,26H,1,12-16H2/t19-,21+/m0/s1. The fourth-order valence-electron chi connectivity index (χ4n) is 3.09. The zero-order valence-corrected chi connectivity index (χ0v) is 16.5. The monoisotopic (exact) mass is 400 g/mol. The zero-order valence-electron chi connectivity index (χ0n) is 15.7. The molecular formula is C22H25ClN2O3. The van der Waals surface area contributed by atoms with Gasteiger partial charge in [0.05, 0.1) is 5.71 Å². The summed E-state index contributed by atoms with van der Waals surface area (Å²) in [6.45, 7) is 5.81. The minimum absolute atomic E-state index is 0.0622. The Kier molecular flexibility index (Phi) is 7.48. The van der Waals surface area contributed by atoms with Crippen LogP contribution in [0, 0.1) is 0 Å². The number of oxime groups is 1. The lowest BCUT2D eigenvalue weighted by molar-refractivity contribution is 0.0283. The van der Waals surface area contributed by atoms with Gasteiger partial charge in [-0.1, -0.05) is 53.2 Å². The van der Waals surface area contributed by atoms with Crippen LogP contribution in [0.5, 0.6) is 5.75 Å². The maximum atomic E-state index is 10.4. The van der Waals surface area contributed by atoms with Gasteiger partial charge in [-0.3, -0.25) is 4.90 Å². The molecule has 1 heterocycles. The van der Waals surface area contributed by atoms with Crippen molar-refractivity contribution in [2.75, 3.05) is 26.2 Å². The predicted molar refractivity (Wildman–Crippen MR) is 112 cm³/mol. The second-order valence-corrected chi connectivity index (χ2v) is 7.20. The Morgan fingerprint density at radius 1 is 1.25 bits per heavy atom. The first-order chi connectivity index (χ1) is 13.6. The lowest BCUT2D eigenvalue weighted by atomic mass is 10.0. The third-order valence-corrected chi connectivity index (χ3v) is 4.67. The maximum Gasteiger partial charge on any atom is 0.145 e.